The summed E-state index contributed by atoms with van der Waals surface area (Å²) in [6.45, 7) is 1.69. The number of rotatable bonds is 8. The molecule has 0 bridgehead atoms. The van der Waals surface area contributed by atoms with Crippen LogP contribution in [0.1, 0.15) is 21.5 Å². The Bertz CT molecular complexity index is 1090. The van der Waals surface area contributed by atoms with Crippen molar-refractivity contribution in [2.75, 3.05) is 33.3 Å². The van der Waals surface area contributed by atoms with Gasteiger partial charge in [-0.1, -0.05) is 42.5 Å². The number of carbonyl (C=O) groups is 2. The van der Waals surface area contributed by atoms with Crippen LogP contribution in [-0.2, 0) is 22.6 Å². The quantitative estimate of drug-likeness (QED) is 0.517. The molecule has 3 aromatic rings. The second kappa shape index (κ2) is 11.4. The monoisotopic (exact) mass is 459 g/mol. The molecule has 176 valence electrons. The molecule has 1 fully saturated rings. The first-order chi connectivity index (χ1) is 16.6. The standard InChI is InChI=1S/C27H29N3O4/c1-33-24-11-5-9-22(15-24)20-34-25-17-29(14-12-21-7-3-2-4-8-21)26(31)19-30(18-25)27(32)23-10-6-13-28-16-23/h2-11,13,15-16,25H,12,14,17-20H2,1H3. The number of pyridine rings is 1. The van der Waals surface area contributed by atoms with Gasteiger partial charge in [-0.15, -0.1) is 0 Å². The minimum absolute atomic E-state index is 0.0154. The first kappa shape index (κ1) is 23.4. The van der Waals surface area contributed by atoms with E-state index in [2.05, 4.69) is 17.1 Å². The Morgan fingerprint density at radius 3 is 2.62 bits per heavy atom. The van der Waals surface area contributed by atoms with E-state index in [1.54, 1.807) is 35.2 Å². The second-order valence-corrected chi connectivity index (χ2v) is 8.29. The second-order valence-electron chi connectivity index (χ2n) is 8.29. The van der Waals surface area contributed by atoms with Crippen LogP contribution in [0.15, 0.2) is 79.1 Å². The van der Waals surface area contributed by atoms with Crippen molar-refractivity contribution in [3.05, 3.63) is 95.8 Å². The van der Waals surface area contributed by atoms with Crippen LogP contribution in [0.4, 0.5) is 0 Å². The molecule has 1 atom stereocenters. The van der Waals surface area contributed by atoms with Crippen molar-refractivity contribution in [1.82, 2.24) is 14.8 Å². The lowest BCUT2D eigenvalue weighted by Crippen LogP contribution is -2.40. The zero-order valence-electron chi connectivity index (χ0n) is 19.3. The van der Waals surface area contributed by atoms with Crippen molar-refractivity contribution in [1.29, 1.82) is 0 Å². The van der Waals surface area contributed by atoms with Crippen molar-refractivity contribution in [2.24, 2.45) is 0 Å². The van der Waals surface area contributed by atoms with Gasteiger partial charge in [0.05, 0.1) is 25.4 Å². The highest BCUT2D eigenvalue weighted by Gasteiger charge is 2.31. The number of amides is 2. The number of hydrogen-bond acceptors (Lipinski definition) is 5. The van der Waals surface area contributed by atoms with E-state index in [0.717, 1.165) is 23.3 Å². The number of carbonyl (C=O) groups excluding carboxylic acids is 2. The van der Waals surface area contributed by atoms with Crippen LogP contribution in [0.3, 0.4) is 0 Å². The molecule has 0 radical (unpaired) electrons. The number of benzene rings is 2. The molecule has 0 saturated carbocycles. The fraction of sp³-hybridized carbons (Fsp3) is 0.296. The fourth-order valence-electron chi connectivity index (χ4n) is 4.01. The summed E-state index contributed by atoms with van der Waals surface area (Å²) in [6, 6.07) is 21.2. The van der Waals surface area contributed by atoms with Gasteiger partial charge in [0.15, 0.2) is 0 Å². The number of hydrogen-bond donors (Lipinski definition) is 0. The summed E-state index contributed by atoms with van der Waals surface area (Å²) in [7, 11) is 1.63. The molecular formula is C27H29N3O4. The molecule has 7 heteroatoms. The highest BCUT2D eigenvalue weighted by Crippen LogP contribution is 2.17. The molecule has 1 saturated heterocycles. The molecule has 7 nitrogen and oxygen atoms in total. The third-order valence-electron chi connectivity index (χ3n) is 5.86. The molecule has 1 aliphatic heterocycles. The van der Waals surface area contributed by atoms with E-state index >= 15 is 0 Å². The SMILES string of the molecule is COc1cccc(COC2CN(CCc3ccccc3)C(=O)CN(C(=O)c3cccnc3)C2)c1. The van der Waals surface area contributed by atoms with Gasteiger partial charge >= 0.3 is 0 Å². The lowest BCUT2D eigenvalue weighted by molar-refractivity contribution is -0.131. The Balaban J connectivity index is 1.49. The smallest absolute Gasteiger partial charge is 0.255 e. The van der Waals surface area contributed by atoms with E-state index in [0.29, 0.717) is 31.8 Å². The van der Waals surface area contributed by atoms with Crippen molar-refractivity contribution >= 4 is 11.8 Å². The van der Waals surface area contributed by atoms with E-state index in [1.807, 2.05) is 42.5 Å². The van der Waals surface area contributed by atoms with Gasteiger partial charge in [-0.25, -0.2) is 0 Å². The summed E-state index contributed by atoms with van der Waals surface area (Å²) in [5.74, 6) is 0.456. The topological polar surface area (TPSA) is 72.0 Å². The Hall–Kier alpha value is -3.71. The van der Waals surface area contributed by atoms with Crippen molar-refractivity contribution in [2.45, 2.75) is 19.1 Å². The minimum atomic E-state index is -0.325. The Labute approximate surface area is 199 Å². The molecule has 1 aliphatic rings. The third kappa shape index (κ3) is 6.20. The molecule has 2 amide bonds. The summed E-state index contributed by atoms with van der Waals surface area (Å²) < 4.78 is 11.5. The summed E-state index contributed by atoms with van der Waals surface area (Å²) >= 11 is 0. The van der Waals surface area contributed by atoms with Gasteiger partial charge < -0.3 is 19.3 Å². The maximum atomic E-state index is 13.1. The molecular weight excluding hydrogens is 430 g/mol. The summed E-state index contributed by atoms with van der Waals surface area (Å²) in [4.78, 5) is 33.7. The zero-order valence-corrected chi connectivity index (χ0v) is 19.3. The Morgan fingerprint density at radius 2 is 1.85 bits per heavy atom. The maximum absolute atomic E-state index is 13.1. The Kier molecular flexibility index (Phi) is 7.88. The van der Waals surface area contributed by atoms with Crippen LogP contribution in [0.2, 0.25) is 0 Å². The average molecular weight is 460 g/mol. The predicted molar refractivity (Wildman–Crippen MR) is 128 cm³/mol. The summed E-state index contributed by atoms with van der Waals surface area (Å²) in [5, 5.41) is 0. The lowest BCUT2D eigenvalue weighted by Gasteiger charge is -2.25. The molecule has 0 N–H and O–H groups in total. The zero-order chi connectivity index (χ0) is 23.8. The van der Waals surface area contributed by atoms with E-state index < -0.39 is 0 Å². The number of aromatic nitrogens is 1. The van der Waals surface area contributed by atoms with Crippen LogP contribution in [0.5, 0.6) is 5.75 Å². The molecule has 34 heavy (non-hydrogen) atoms. The van der Waals surface area contributed by atoms with Gasteiger partial charge in [-0.3, -0.25) is 14.6 Å². The highest BCUT2D eigenvalue weighted by molar-refractivity contribution is 5.96. The van der Waals surface area contributed by atoms with Crippen LogP contribution in [0, 0.1) is 0 Å². The van der Waals surface area contributed by atoms with E-state index in [-0.39, 0.29) is 24.5 Å². The maximum Gasteiger partial charge on any atom is 0.255 e. The lowest BCUT2D eigenvalue weighted by atomic mass is 10.1. The summed E-state index contributed by atoms with van der Waals surface area (Å²) in [5.41, 5.74) is 2.59. The van der Waals surface area contributed by atoms with Crippen molar-refractivity contribution in [3.63, 3.8) is 0 Å². The molecule has 1 aromatic heterocycles. The van der Waals surface area contributed by atoms with Gasteiger partial charge in [0.2, 0.25) is 5.91 Å². The van der Waals surface area contributed by atoms with Crippen molar-refractivity contribution < 1.29 is 19.1 Å². The molecule has 2 aromatic carbocycles. The van der Waals surface area contributed by atoms with Gasteiger partial charge in [0.1, 0.15) is 12.3 Å². The predicted octanol–water partition coefficient (Wildman–Crippen LogP) is 3.20. The number of methoxy groups -OCH3 is 1. The summed E-state index contributed by atoms with van der Waals surface area (Å²) in [6.07, 6.45) is 3.56. The van der Waals surface area contributed by atoms with E-state index in [4.69, 9.17) is 9.47 Å². The molecule has 1 unspecified atom stereocenters. The Morgan fingerprint density at radius 1 is 1.03 bits per heavy atom. The molecule has 0 aliphatic carbocycles. The molecule has 0 spiro atoms. The third-order valence-corrected chi connectivity index (χ3v) is 5.86. The van der Waals surface area contributed by atoms with Gasteiger partial charge in [0.25, 0.3) is 5.91 Å². The normalized spacial score (nSPS) is 16.3. The minimum Gasteiger partial charge on any atom is -0.497 e. The van der Waals surface area contributed by atoms with E-state index in [1.165, 1.54) is 6.20 Å². The van der Waals surface area contributed by atoms with Gasteiger partial charge in [-0.05, 0) is 41.8 Å². The number of nitrogens with zero attached hydrogens (tertiary/aromatic N) is 3. The fourth-order valence-corrected chi connectivity index (χ4v) is 4.01. The van der Waals surface area contributed by atoms with Gasteiger partial charge in [-0.2, -0.15) is 0 Å². The molecule has 4 rings (SSSR count). The van der Waals surface area contributed by atoms with Crippen LogP contribution >= 0.6 is 0 Å². The van der Waals surface area contributed by atoms with Gasteiger partial charge in [0, 0.05) is 32.0 Å². The first-order valence-corrected chi connectivity index (χ1v) is 11.4. The highest BCUT2D eigenvalue weighted by atomic mass is 16.5. The molecule has 2 heterocycles. The van der Waals surface area contributed by atoms with Crippen LogP contribution < -0.4 is 4.74 Å². The van der Waals surface area contributed by atoms with Crippen molar-refractivity contribution in [3.8, 4) is 5.75 Å². The largest absolute Gasteiger partial charge is 0.497 e. The average Bonchev–Trinajstić information content (AvgIpc) is 3.05. The first-order valence-electron chi connectivity index (χ1n) is 11.4. The van der Waals surface area contributed by atoms with E-state index in [9.17, 15) is 9.59 Å². The van der Waals surface area contributed by atoms with Crippen LogP contribution in [-0.4, -0.2) is 66.0 Å². The number of ether oxygens (including phenoxy) is 2. The van der Waals surface area contributed by atoms with Crippen LogP contribution in [0.25, 0.3) is 0 Å².